The fourth-order valence-corrected chi connectivity index (χ4v) is 2.82. The van der Waals surface area contributed by atoms with Gasteiger partial charge in [-0.25, -0.2) is 4.98 Å². The maximum atomic E-state index is 9.83. The van der Waals surface area contributed by atoms with Crippen molar-refractivity contribution < 1.29 is 5.11 Å². The van der Waals surface area contributed by atoms with Crippen LogP contribution < -0.4 is 4.90 Å². The molecule has 1 saturated heterocycles. The van der Waals surface area contributed by atoms with Crippen LogP contribution in [0.4, 0.5) is 5.82 Å². The van der Waals surface area contributed by atoms with Crippen LogP contribution in [-0.4, -0.2) is 54.3 Å². The van der Waals surface area contributed by atoms with E-state index in [4.69, 9.17) is 0 Å². The van der Waals surface area contributed by atoms with Gasteiger partial charge in [-0.15, -0.1) is 0 Å². The molecule has 2 heterocycles. The predicted octanol–water partition coefficient (Wildman–Crippen LogP) is 1.35. The summed E-state index contributed by atoms with van der Waals surface area (Å²) in [6, 6.07) is 4.21. The van der Waals surface area contributed by atoms with Gasteiger partial charge in [-0.2, -0.15) is 0 Å². The number of likely N-dealkylation sites (N-methyl/N-ethyl adjacent to an activating group) is 1. The summed E-state index contributed by atoms with van der Waals surface area (Å²) < 4.78 is 0.984. The smallest absolute Gasteiger partial charge is 0.143 e. The summed E-state index contributed by atoms with van der Waals surface area (Å²) in [6.45, 7) is 1.59. The molecular weight excluding hydrogens is 282 g/mol. The van der Waals surface area contributed by atoms with Gasteiger partial charge in [-0.3, -0.25) is 0 Å². The first-order chi connectivity index (χ1) is 8.08. The van der Waals surface area contributed by atoms with Crippen LogP contribution in [0.3, 0.4) is 0 Å². The molecule has 2 atom stereocenters. The number of hydrogen-bond donors (Lipinski definition) is 1. The number of hydrogen-bond acceptors (Lipinski definition) is 4. The number of halogens is 1. The van der Waals surface area contributed by atoms with Gasteiger partial charge >= 0.3 is 0 Å². The Morgan fingerprint density at radius 3 is 3.00 bits per heavy atom. The molecule has 2 rings (SSSR count). The van der Waals surface area contributed by atoms with Gasteiger partial charge in [0, 0.05) is 25.3 Å². The van der Waals surface area contributed by atoms with E-state index >= 15 is 0 Å². The first-order valence-electron chi connectivity index (χ1n) is 5.78. The van der Waals surface area contributed by atoms with Crippen molar-refractivity contribution in [1.82, 2.24) is 9.88 Å². The van der Waals surface area contributed by atoms with Crippen molar-refractivity contribution in [3.05, 3.63) is 22.8 Å². The molecule has 0 spiro atoms. The Bertz CT molecular complexity index is 386. The Hall–Kier alpha value is -0.650. The zero-order valence-corrected chi connectivity index (χ0v) is 11.8. The minimum Gasteiger partial charge on any atom is -0.391 e. The molecule has 0 aliphatic carbocycles. The van der Waals surface area contributed by atoms with Crippen molar-refractivity contribution in [3.8, 4) is 0 Å². The highest BCUT2D eigenvalue weighted by molar-refractivity contribution is 9.10. The lowest BCUT2D eigenvalue weighted by Crippen LogP contribution is -2.38. The molecule has 1 aliphatic rings. The zero-order valence-electron chi connectivity index (χ0n) is 10.2. The highest BCUT2D eigenvalue weighted by atomic mass is 79.9. The molecule has 0 radical (unpaired) electrons. The van der Waals surface area contributed by atoms with E-state index in [2.05, 4.69) is 44.8 Å². The van der Waals surface area contributed by atoms with Crippen LogP contribution in [0.1, 0.15) is 6.42 Å². The number of nitrogens with zero attached hydrogens (tertiary/aromatic N) is 3. The predicted molar refractivity (Wildman–Crippen MR) is 72.2 cm³/mol. The summed E-state index contributed by atoms with van der Waals surface area (Å²) >= 11 is 3.52. The fraction of sp³-hybridized carbons (Fsp3) is 0.583. The third-order valence-electron chi connectivity index (χ3n) is 2.98. The van der Waals surface area contributed by atoms with E-state index in [1.165, 1.54) is 0 Å². The van der Waals surface area contributed by atoms with Crippen LogP contribution in [-0.2, 0) is 0 Å². The molecule has 94 valence electrons. The second kappa shape index (κ2) is 5.33. The molecule has 0 saturated carbocycles. The van der Waals surface area contributed by atoms with E-state index in [0.29, 0.717) is 12.6 Å². The van der Waals surface area contributed by atoms with Crippen LogP contribution in [0.15, 0.2) is 22.8 Å². The summed E-state index contributed by atoms with van der Waals surface area (Å²) in [5, 5.41) is 9.83. The molecule has 1 aromatic heterocycles. The SMILES string of the molecule is CN(C)CC1CC(O)CN1c1ncccc1Br. The van der Waals surface area contributed by atoms with Gasteiger partial charge in [0.2, 0.25) is 0 Å². The average Bonchev–Trinajstić information content (AvgIpc) is 2.59. The maximum Gasteiger partial charge on any atom is 0.143 e. The summed E-state index contributed by atoms with van der Waals surface area (Å²) in [5.41, 5.74) is 0. The Morgan fingerprint density at radius 1 is 1.59 bits per heavy atom. The van der Waals surface area contributed by atoms with Crippen LogP contribution in [0.25, 0.3) is 0 Å². The lowest BCUT2D eigenvalue weighted by molar-refractivity contribution is 0.191. The van der Waals surface area contributed by atoms with Crippen molar-refractivity contribution in [1.29, 1.82) is 0 Å². The van der Waals surface area contributed by atoms with Gasteiger partial charge in [-0.05, 0) is 48.6 Å². The molecule has 0 amide bonds. The summed E-state index contributed by atoms with van der Waals surface area (Å²) in [7, 11) is 4.10. The van der Waals surface area contributed by atoms with Crippen LogP contribution in [0.5, 0.6) is 0 Å². The minimum absolute atomic E-state index is 0.256. The maximum absolute atomic E-state index is 9.83. The molecule has 1 fully saturated rings. The molecule has 2 unspecified atom stereocenters. The lowest BCUT2D eigenvalue weighted by Gasteiger charge is -2.28. The van der Waals surface area contributed by atoms with Crippen molar-refractivity contribution in [2.45, 2.75) is 18.6 Å². The number of anilines is 1. The van der Waals surface area contributed by atoms with Crippen LogP contribution >= 0.6 is 15.9 Å². The van der Waals surface area contributed by atoms with Crippen LogP contribution in [0, 0.1) is 0 Å². The minimum atomic E-state index is -0.256. The van der Waals surface area contributed by atoms with Gasteiger partial charge in [0.25, 0.3) is 0 Å². The molecule has 5 heteroatoms. The largest absolute Gasteiger partial charge is 0.391 e. The summed E-state index contributed by atoms with van der Waals surface area (Å²) in [5.74, 6) is 0.927. The second-order valence-electron chi connectivity index (χ2n) is 4.77. The normalized spacial score (nSPS) is 24.6. The summed E-state index contributed by atoms with van der Waals surface area (Å²) in [6.07, 6.45) is 2.34. The van der Waals surface area contributed by atoms with Gasteiger partial charge in [0.05, 0.1) is 10.6 Å². The number of aliphatic hydroxyl groups excluding tert-OH is 1. The fourth-order valence-electron chi connectivity index (χ4n) is 2.33. The van der Waals surface area contributed by atoms with E-state index < -0.39 is 0 Å². The third kappa shape index (κ3) is 2.97. The van der Waals surface area contributed by atoms with E-state index in [-0.39, 0.29) is 6.10 Å². The van der Waals surface area contributed by atoms with E-state index in [1.54, 1.807) is 6.20 Å². The van der Waals surface area contributed by atoms with Gasteiger partial charge < -0.3 is 14.9 Å². The summed E-state index contributed by atoms with van der Waals surface area (Å²) in [4.78, 5) is 8.74. The molecule has 1 aliphatic heterocycles. The first kappa shape index (κ1) is 12.8. The highest BCUT2D eigenvalue weighted by Crippen LogP contribution is 2.30. The molecule has 17 heavy (non-hydrogen) atoms. The first-order valence-corrected chi connectivity index (χ1v) is 6.57. The monoisotopic (exact) mass is 299 g/mol. The Kier molecular flexibility index (Phi) is 4.01. The molecule has 0 aromatic carbocycles. The van der Waals surface area contributed by atoms with E-state index in [9.17, 15) is 5.11 Å². The highest BCUT2D eigenvalue weighted by Gasteiger charge is 2.32. The quantitative estimate of drug-likeness (QED) is 0.914. The molecule has 0 bridgehead atoms. The van der Waals surface area contributed by atoms with Gasteiger partial charge in [0.15, 0.2) is 0 Å². The number of β-amino-alcohol motifs (C(OH)–C–C–N with tert-alkyl or cyclic N) is 1. The molecule has 1 aromatic rings. The Morgan fingerprint density at radius 2 is 2.35 bits per heavy atom. The Labute approximate surface area is 110 Å². The van der Waals surface area contributed by atoms with E-state index in [1.807, 2.05) is 12.1 Å². The molecule has 1 N–H and O–H groups in total. The molecular formula is C12H18BrN3O. The topological polar surface area (TPSA) is 39.6 Å². The number of rotatable bonds is 3. The zero-order chi connectivity index (χ0) is 12.4. The van der Waals surface area contributed by atoms with Crippen molar-refractivity contribution in [2.75, 3.05) is 32.1 Å². The average molecular weight is 300 g/mol. The number of aliphatic hydroxyl groups is 1. The number of pyridine rings is 1. The number of aromatic nitrogens is 1. The van der Waals surface area contributed by atoms with Gasteiger partial charge in [-0.1, -0.05) is 0 Å². The van der Waals surface area contributed by atoms with Crippen molar-refractivity contribution >= 4 is 21.7 Å². The third-order valence-corrected chi connectivity index (χ3v) is 3.60. The van der Waals surface area contributed by atoms with E-state index in [0.717, 1.165) is 23.3 Å². The lowest BCUT2D eigenvalue weighted by atomic mass is 10.2. The molecule has 4 nitrogen and oxygen atoms in total. The van der Waals surface area contributed by atoms with Crippen molar-refractivity contribution in [3.63, 3.8) is 0 Å². The van der Waals surface area contributed by atoms with Crippen LogP contribution in [0.2, 0.25) is 0 Å². The van der Waals surface area contributed by atoms with Gasteiger partial charge in [0.1, 0.15) is 5.82 Å². The second-order valence-corrected chi connectivity index (χ2v) is 5.62. The standard InChI is InChI=1S/C12H18BrN3O/c1-15(2)7-9-6-10(17)8-16(9)12-11(13)4-3-5-14-12/h3-5,9-10,17H,6-8H2,1-2H3. The van der Waals surface area contributed by atoms with Crippen molar-refractivity contribution in [2.24, 2.45) is 0 Å². The Balaban J connectivity index is 2.21.